The summed E-state index contributed by atoms with van der Waals surface area (Å²) >= 11 is 7.48. The third kappa shape index (κ3) is 3.92. The smallest absolute Gasteiger partial charge is 0.124 e. The predicted molar refractivity (Wildman–Crippen MR) is 87.0 cm³/mol. The number of aliphatic hydroxyl groups is 1. The summed E-state index contributed by atoms with van der Waals surface area (Å²) in [4.78, 5) is 5.51. The Morgan fingerprint density at radius 1 is 1.25 bits per heavy atom. The van der Waals surface area contributed by atoms with E-state index in [0.29, 0.717) is 5.02 Å². The number of halogens is 1. The van der Waals surface area contributed by atoms with Crippen LogP contribution in [0.25, 0.3) is 16.6 Å². The maximum atomic E-state index is 9.44. The Kier molecular flexibility index (Phi) is 4.63. The van der Waals surface area contributed by atoms with Crippen LogP contribution in [0.4, 0.5) is 0 Å². The molecule has 1 aromatic carbocycles. The van der Waals surface area contributed by atoms with Gasteiger partial charge < -0.3 is 5.11 Å². The fourth-order valence-corrected chi connectivity index (χ4v) is 2.76. The van der Waals surface area contributed by atoms with Crippen LogP contribution in [0.15, 0.2) is 30.3 Å². The molecule has 0 atom stereocenters. The molecule has 0 saturated heterocycles. The lowest BCUT2D eigenvalue weighted by Crippen LogP contribution is -1.98. The number of hydrogen-bond acceptors (Lipinski definition) is 3. The number of nitrogens with zero attached hydrogens (tertiary/aromatic N) is 1. The maximum absolute atomic E-state index is 9.44. The van der Waals surface area contributed by atoms with Crippen molar-refractivity contribution in [3.05, 3.63) is 45.9 Å². The van der Waals surface area contributed by atoms with Crippen LogP contribution in [0.1, 0.15) is 31.3 Å². The van der Waals surface area contributed by atoms with Crippen LogP contribution in [0.5, 0.6) is 0 Å². The first-order valence-corrected chi connectivity index (χ1v) is 7.64. The Hall–Kier alpha value is -1.16. The largest absolute Gasteiger partial charge is 0.390 e. The SMILES string of the molecule is CC(C)(C)/C=C/c1sc(-c2ccc(Cl)cc2)nc1CO. The van der Waals surface area contributed by atoms with E-state index < -0.39 is 0 Å². The highest BCUT2D eigenvalue weighted by Crippen LogP contribution is 2.31. The van der Waals surface area contributed by atoms with Crippen molar-refractivity contribution in [1.82, 2.24) is 4.98 Å². The number of thiazole rings is 1. The number of benzene rings is 1. The van der Waals surface area contributed by atoms with Crippen molar-refractivity contribution in [1.29, 1.82) is 0 Å². The van der Waals surface area contributed by atoms with Gasteiger partial charge in [0.1, 0.15) is 5.01 Å². The van der Waals surface area contributed by atoms with Crippen molar-refractivity contribution in [2.75, 3.05) is 0 Å². The number of hydrogen-bond donors (Lipinski definition) is 1. The fraction of sp³-hybridized carbons (Fsp3) is 0.312. The van der Waals surface area contributed by atoms with Crippen LogP contribution in [0.2, 0.25) is 5.02 Å². The average molecular weight is 308 g/mol. The van der Waals surface area contributed by atoms with Crippen LogP contribution in [-0.2, 0) is 6.61 Å². The average Bonchev–Trinajstić information content (AvgIpc) is 2.79. The summed E-state index contributed by atoms with van der Waals surface area (Å²) in [6, 6.07) is 7.59. The molecule has 106 valence electrons. The van der Waals surface area contributed by atoms with Crippen LogP contribution in [0.3, 0.4) is 0 Å². The molecule has 1 N–H and O–H groups in total. The van der Waals surface area contributed by atoms with Gasteiger partial charge in [0, 0.05) is 10.6 Å². The van der Waals surface area contributed by atoms with Gasteiger partial charge in [-0.2, -0.15) is 0 Å². The van der Waals surface area contributed by atoms with Crippen molar-refractivity contribution in [3.8, 4) is 10.6 Å². The van der Waals surface area contributed by atoms with Gasteiger partial charge in [0.2, 0.25) is 0 Å². The first-order valence-electron chi connectivity index (χ1n) is 6.45. The van der Waals surface area contributed by atoms with Gasteiger partial charge in [-0.1, -0.05) is 50.6 Å². The molecule has 0 bridgehead atoms. The highest BCUT2D eigenvalue weighted by atomic mass is 35.5. The summed E-state index contributed by atoms with van der Waals surface area (Å²) in [5.74, 6) is 0. The Morgan fingerprint density at radius 3 is 2.45 bits per heavy atom. The minimum atomic E-state index is -0.0477. The zero-order chi connectivity index (χ0) is 14.8. The van der Waals surface area contributed by atoms with Crippen LogP contribution < -0.4 is 0 Å². The summed E-state index contributed by atoms with van der Waals surface area (Å²) in [5, 5.41) is 11.1. The van der Waals surface area contributed by atoms with Crippen LogP contribution in [-0.4, -0.2) is 10.1 Å². The zero-order valence-corrected chi connectivity index (χ0v) is 13.4. The maximum Gasteiger partial charge on any atom is 0.124 e. The van der Waals surface area contributed by atoms with Gasteiger partial charge in [0.25, 0.3) is 0 Å². The minimum absolute atomic E-state index is 0.0477. The summed E-state index contributed by atoms with van der Waals surface area (Å²) in [6.07, 6.45) is 4.17. The first-order chi connectivity index (χ1) is 9.39. The standard InChI is InChI=1S/C16H18ClNOS/c1-16(2,3)9-8-14-13(10-19)18-15(20-14)11-4-6-12(17)7-5-11/h4-9,19H,10H2,1-3H3/b9-8+. The molecule has 20 heavy (non-hydrogen) atoms. The van der Waals surface area contributed by atoms with Gasteiger partial charge in [0.05, 0.1) is 17.2 Å². The Morgan fingerprint density at radius 2 is 1.90 bits per heavy atom. The minimum Gasteiger partial charge on any atom is -0.390 e. The quantitative estimate of drug-likeness (QED) is 0.864. The molecule has 0 aliphatic heterocycles. The van der Waals surface area contributed by atoms with Crippen LogP contribution in [0, 0.1) is 5.41 Å². The lowest BCUT2D eigenvalue weighted by molar-refractivity contribution is 0.277. The molecule has 0 fully saturated rings. The van der Waals surface area contributed by atoms with Gasteiger partial charge in [-0.25, -0.2) is 4.98 Å². The van der Waals surface area contributed by atoms with Crippen molar-refractivity contribution in [2.24, 2.45) is 5.41 Å². The molecule has 0 spiro atoms. The fourth-order valence-electron chi connectivity index (χ4n) is 1.65. The lowest BCUT2D eigenvalue weighted by atomic mass is 9.96. The third-order valence-corrected chi connectivity index (χ3v) is 4.07. The number of rotatable bonds is 3. The first kappa shape index (κ1) is 15.2. The summed E-state index contributed by atoms with van der Waals surface area (Å²) in [6.45, 7) is 6.38. The second-order valence-electron chi connectivity index (χ2n) is 5.69. The second-order valence-corrected chi connectivity index (χ2v) is 7.16. The van der Waals surface area contributed by atoms with E-state index in [1.165, 1.54) is 0 Å². The summed E-state index contributed by atoms with van der Waals surface area (Å²) in [5.41, 5.74) is 1.85. The Bertz CT molecular complexity index is 608. The number of aromatic nitrogens is 1. The van der Waals surface area contributed by atoms with Crippen LogP contribution >= 0.6 is 22.9 Å². The molecule has 0 amide bonds. The van der Waals surface area contributed by atoms with Gasteiger partial charge in [-0.3, -0.25) is 0 Å². The van der Waals surface area contributed by atoms with E-state index in [1.807, 2.05) is 30.3 Å². The molecule has 0 radical (unpaired) electrons. The molecule has 2 nitrogen and oxygen atoms in total. The normalized spacial score (nSPS) is 12.2. The summed E-state index contributed by atoms with van der Waals surface area (Å²) in [7, 11) is 0. The lowest BCUT2D eigenvalue weighted by Gasteiger charge is -2.10. The second kappa shape index (κ2) is 6.08. The third-order valence-electron chi connectivity index (χ3n) is 2.70. The van der Waals surface area contributed by atoms with Gasteiger partial charge >= 0.3 is 0 Å². The van der Waals surface area contributed by atoms with Crippen molar-refractivity contribution >= 4 is 29.0 Å². The Balaban J connectivity index is 2.36. The number of allylic oxidation sites excluding steroid dienone is 1. The van der Waals surface area contributed by atoms with E-state index in [0.717, 1.165) is 21.1 Å². The van der Waals surface area contributed by atoms with Gasteiger partial charge in [0.15, 0.2) is 0 Å². The Labute approximate surface area is 128 Å². The van der Waals surface area contributed by atoms with Crippen molar-refractivity contribution < 1.29 is 5.11 Å². The van der Waals surface area contributed by atoms with E-state index >= 15 is 0 Å². The molecular weight excluding hydrogens is 290 g/mol. The van der Waals surface area contributed by atoms with Gasteiger partial charge in [-0.15, -0.1) is 11.3 Å². The molecule has 1 aromatic heterocycles. The monoisotopic (exact) mass is 307 g/mol. The van der Waals surface area contributed by atoms with E-state index in [9.17, 15) is 5.11 Å². The summed E-state index contributed by atoms with van der Waals surface area (Å²) < 4.78 is 0. The molecule has 2 aromatic rings. The predicted octanol–water partition coefficient (Wildman–Crippen LogP) is 5.02. The van der Waals surface area contributed by atoms with E-state index in [-0.39, 0.29) is 12.0 Å². The molecular formula is C16H18ClNOS. The molecule has 0 aliphatic carbocycles. The molecule has 2 rings (SSSR count). The van der Waals surface area contributed by atoms with Crippen molar-refractivity contribution in [3.63, 3.8) is 0 Å². The topological polar surface area (TPSA) is 33.1 Å². The molecule has 0 aliphatic rings. The van der Waals surface area contributed by atoms with E-state index in [4.69, 9.17) is 11.6 Å². The van der Waals surface area contributed by atoms with E-state index in [1.54, 1.807) is 11.3 Å². The molecule has 0 unspecified atom stereocenters. The van der Waals surface area contributed by atoms with Gasteiger partial charge in [-0.05, 0) is 23.6 Å². The molecule has 4 heteroatoms. The van der Waals surface area contributed by atoms with E-state index in [2.05, 4.69) is 31.8 Å². The highest BCUT2D eigenvalue weighted by Gasteiger charge is 2.11. The highest BCUT2D eigenvalue weighted by molar-refractivity contribution is 7.16. The number of aliphatic hydroxyl groups excluding tert-OH is 1. The zero-order valence-electron chi connectivity index (χ0n) is 11.9. The van der Waals surface area contributed by atoms with Crippen molar-refractivity contribution in [2.45, 2.75) is 27.4 Å². The molecule has 1 heterocycles. The molecule has 0 saturated carbocycles.